The van der Waals surface area contributed by atoms with Crippen LogP contribution in [-0.2, 0) is 7.05 Å². The normalized spacial score (nSPS) is 13.9. The molecule has 0 aliphatic heterocycles. The number of furan rings is 1. The summed E-state index contributed by atoms with van der Waals surface area (Å²) in [6.07, 6.45) is -0.0626. The second kappa shape index (κ2) is 6.25. The lowest BCUT2D eigenvalue weighted by molar-refractivity contribution is -0.660. The zero-order valence-electron chi connectivity index (χ0n) is 20.1. The third-order valence-electron chi connectivity index (χ3n) is 4.93. The van der Waals surface area contributed by atoms with Crippen molar-refractivity contribution in [2.24, 2.45) is 7.05 Å². The Morgan fingerprint density at radius 3 is 2.70 bits per heavy atom. The summed E-state index contributed by atoms with van der Waals surface area (Å²) in [5.74, 6) is -1.21. The van der Waals surface area contributed by atoms with Gasteiger partial charge in [0.1, 0.15) is 19.6 Å². The van der Waals surface area contributed by atoms with Crippen LogP contribution in [0, 0.1) is 20.4 Å². The number of pyridine rings is 1. The Bertz CT molecular complexity index is 1440. The minimum absolute atomic E-state index is 0.0441. The van der Waals surface area contributed by atoms with Gasteiger partial charge in [-0.1, -0.05) is 38.1 Å². The van der Waals surface area contributed by atoms with Crippen molar-refractivity contribution < 1.29 is 14.5 Å². The number of hydrogen-bond acceptors (Lipinski definition) is 1. The summed E-state index contributed by atoms with van der Waals surface area (Å²) in [6.45, 7) is 14.7. The summed E-state index contributed by atoms with van der Waals surface area (Å²) in [5, 5.41) is 1.70. The third kappa shape index (κ3) is 2.61. The fourth-order valence-electron chi connectivity index (χ4n) is 3.61. The van der Waals surface area contributed by atoms with Gasteiger partial charge < -0.3 is 4.42 Å². The summed E-state index contributed by atoms with van der Waals surface area (Å²) in [6, 6.07) is 7.41. The molecule has 0 saturated heterocycles. The molecule has 0 unspecified atom stereocenters. The molecule has 4 aromatic rings. The van der Waals surface area contributed by atoms with Crippen molar-refractivity contribution in [2.45, 2.75) is 33.6 Å². The minimum Gasteiger partial charge on any atom is -0.466 e. The maximum atomic E-state index is 8.92. The first-order valence-corrected chi connectivity index (χ1v) is 8.82. The standard InChI is InChI=1S/C24H23N2O/c1-14(2)17-10-11-26(6)20(13-17)22-16(4)12-15(3)21-18-8-7-9-19(25-5)23(18)27-24(21)22/h7-14H,1-4,6H3/q+1/i10D,11D,13D,14D. The number of nitrogens with zero attached hydrogens (tertiary/aromatic N) is 2. The lowest BCUT2D eigenvalue weighted by Gasteiger charge is -2.10. The van der Waals surface area contributed by atoms with Gasteiger partial charge in [-0.3, -0.25) is 0 Å². The van der Waals surface area contributed by atoms with Crippen molar-refractivity contribution in [3.8, 4) is 11.3 Å². The lowest BCUT2D eigenvalue weighted by Crippen LogP contribution is -2.31. The van der Waals surface area contributed by atoms with Gasteiger partial charge in [-0.05, 0) is 36.4 Å². The Morgan fingerprint density at radius 2 is 2.00 bits per heavy atom. The number of aromatic nitrogens is 1. The van der Waals surface area contributed by atoms with Crippen molar-refractivity contribution in [3.63, 3.8) is 0 Å². The molecule has 2 aromatic heterocycles. The van der Waals surface area contributed by atoms with E-state index in [9.17, 15) is 0 Å². The van der Waals surface area contributed by atoms with Gasteiger partial charge >= 0.3 is 0 Å². The number of fused-ring (bicyclic) bond motifs is 3. The van der Waals surface area contributed by atoms with Crippen LogP contribution in [0.5, 0.6) is 0 Å². The number of rotatable bonds is 2. The Hall–Kier alpha value is -3.12. The van der Waals surface area contributed by atoms with Crippen molar-refractivity contribution in [1.82, 2.24) is 0 Å². The second-order valence-corrected chi connectivity index (χ2v) is 7.10. The molecule has 0 radical (unpaired) electrons. The largest absolute Gasteiger partial charge is 0.466 e. The number of hydrogen-bond donors (Lipinski definition) is 0. The van der Waals surface area contributed by atoms with E-state index in [1.807, 2.05) is 32.0 Å². The first-order valence-electron chi connectivity index (χ1n) is 10.8. The molecule has 27 heavy (non-hydrogen) atoms. The molecule has 4 rings (SSSR count). The molecule has 3 heteroatoms. The van der Waals surface area contributed by atoms with Crippen molar-refractivity contribution in [3.05, 3.63) is 70.6 Å². The average molecular weight is 359 g/mol. The number of para-hydroxylation sites is 1. The fraction of sp³-hybridized carbons (Fsp3) is 0.250. The van der Waals surface area contributed by atoms with Gasteiger partial charge in [-0.25, -0.2) is 9.41 Å². The molecule has 0 fully saturated rings. The molecule has 0 N–H and O–H groups in total. The third-order valence-corrected chi connectivity index (χ3v) is 4.93. The van der Waals surface area contributed by atoms with Crippen LogP contribution in [0.4, 0.5) is 5.69 Å². The van der Waals surface area contributed by atoms with Crippen LogP contribution in [0.15, 0.2) is 46.9 Å². The van der Waals surface area contributed by atoms with E-state index in [0.29, 0.717) is 28.1 Å². The first-order chi connectivity index (χ1) is 14.5. The van der Waals surface area contributed by atoms with E-state index in [2.05, 4.69) is 4.85 Å². The molecule has 0 aliphatic carbocycles. The molecule has 0 aliphatic rings. The molecule has 2 heterocycles. The Kier molecular flexibility index (Phi) is 3.03. The zero-order valence-corrected chi connectivity index (χ0v) is 16.1. The van der Waals surface area contributed by atoms with E-state index < -0.39 is 5.89 Å². The van der Waals surface area contributed by atoms with Crippen LogP contribution in [0.1, 0.15) is 41.9 Å². The maximum absolute atomic E-state index is 8.92. The Morgan fingerprint density at radius 1 is 1.22 bits per heavy atom. The van der Waals surface area contributed by atoms with Crippen LogP contribution < -0.4 is 4.57 Å². The van der Waals surface area contributed by atoms with E-state index in [1.54, 1.807) is 27.0 Å². The van der Waals surface area contributed by atoms with Gasteiger partial charge in [0.15, 0.2) is 6.17 Å². The number of aryl methyl sites for hydroxylation is 2. The quantitative estimate of drug-likeness (QED) is 0.301. The van der Waals surface area contributed by atoms with Crippen LogP contribution in [0.3, 0.4) is 0 Å². The summed E-state index contributed by atoms with van der Waals surface area (Å²) in [7, 11) is 1.66. The van der Waals surface area contributed by atoms with Crippen molar-refractivity contribution >= 4 is 27.6 Å². The molecule has 134 valence electrons. The molecule has 3 nitrogen and oxygen atoms in total. The highest BCUT2D eigenvalue weighted by atomic mass is 16.3. The Labute approximate surface area is 165 Å². The van der Waals surface area contributed by atoms with E-state index in [-0.39, 0.29) is 23.8 Å². The number of benzene rings is 2. The van der Waals surface area contributed by atoms with Gasteiger partial charge in [0.2, 0.25) is 11.4 Å². The highest BCUT2D eigenvalue weighted by Crippen LogP contribution is 2.42. The molecule has 0 bridgehead atoms. The predicted octanol–water partition coefficient (Wildman–Crippen LogP) is 6.37. The highest BCUT2D eigenvalue weighted by molar-refractivity contribution is 6.14. The molecular formula is C24H23N2O+. The predicted molar refractivity (Wildman–Crippen MR) is 110 cm³/mol. The molecule has 0 spiro atoms. The smallest absolute Gasteiger partial charge is 0.229 e. The van der Waals surface area contributed by atoms with E-state index in [1.165, 1.54) is 4.57 Å². The lowest BCUT2D eigenvalue weighted by atomic mass is 9.95. The molecule has 0 amide bonds. The van der Waals surface area contributed by atoms with E-state index in [0.717, 1.165) is 21.9 Å². The van der Waals surface area contributed by atoms with Gasteiger partial charge in [-0.2, -0.15) is 0 Å². The average Bonchev–Trinajstić information content (AvgIpc) is 3.07. The summed E-state index contributed by atoms with van der Waals surface area (Å²) >= 11 is 0. The van der Waals surface area contributed by atoms with Crippen molar-refractivity contribution in [2.75, 3.05) is 0 Å². The SMILES string of the molecule is [2H]c1c(C([2H])(C)C)c([2H])c(-c2c(C)cc(C)c3c2oc2c([N+]#[C-])cccc23)[n+](C)c1[2H]. The highest BCUT2D eigenvalue weighted by Gasteiger charge is 2.23. The molecule has 2 aromatic carbocycles. The van der Waals surface area contributed by atoms with Gasteiger partial charge in [0, 0.05) is 24.2 Å². The van der Waals surface area contributed by atoms with E-state index >= 15 is 0 Å². The van der Waals surface area contributed by atoms with Crippen LogP contribution in [0.25, 0.3) is 38.0 Å². The maximum Gasteiger partial charge on any atom is 0.229 e. The van der Waals surface area contributed by atoms with E-state index in [4.69, 9.17) is 16.5 Å². The van der Waals surface area contributed by atoms with Crippen LogP contribution in [-0.4, -0.2) is 0 Å². The van der Waals surface area contributed by atoms with Gasteiger partial charge in [-0.15, -0.1) is 0 Å². The monoisotopic (exact) mass is 359 g/mol. The second-order valence-electron chi connectivity index (χ2n) is 7.10. The Balaban J connectivity index is 2.26. The fourth-order valence-corrected chi connectivity index (χ4v) is 3.61. The zero-order chi connectivity index (χ0) is 22.8. The van der Waals surface area contributed by atoms with Gasteiger partial charge in [0.05, 0.1) is 14.9 Å². The molecule has 0 atom stereocenters. The first kappa shape index (κ1) is 13.1. The molecule has 0 saturated carbocycles. The van der Waals surface area contributed by atoms with Gasteiger partial charge in [0.25, 0.3) is 0 Å². The van der Waals surface area contributed by atoms with Crippen molar-refractivity contribution in [1.29, 1.82) is 0 Å². The topological polar surface area (TPSA) is 21.4 Å². The van der Waals surface area contributed by atoms with Crippen LogP contribution >= 0.6 is 0 Å². The summed E-state index contributed by atoms with van der Waals surface area (Å²) in [4.78, 5) is 3.59. The minimum atomic E-state index is -1.21. The summed E-state index contributed by atoms with van der Waals surface area (Å²) in [5.41, 5.74) is 4.62. The van der Waals surface area contributed by atoms with Crippen LogP contribution in [0.2, 0.25) is 0 Å². The summed E-state index contributed by atoms with van der Waals surface area (Å²) < 4.78 is 42.0. The molecular weight excluding hydrogens is 332 g/mol.